The maximum Gasteiger partial charge on any atom is 0.254 e. The third-order valence-corrected chi connectivity index (χ3v) is 3.41. The summed E-state index contributed by atoms with van der Waals surface area (Å²) < 4.78 is 0. The van der Waals surface area contributed by atoms with Crippen molar-refractivity contribution in [2.24, 2.45) is 0 Å². The monoisotopic (exact) mass is 278 g/mol. The first-order valence-electron chi connectivity index (χ1n) is 6.47. The van der Waals surface area contributed by atoms with Crippen LogP contribution in [-0.2, 0) is 4.79 Å². The molecule has 0 unspecified atom stereocenters. The number of nitrogens with zero attached hydrogens (tertiary/aromatic N) is 2. The molecule has 110 valence electrons. The average Bonchev–Trinajstić information content (AvgIpc) is 2.46. The predicted octanol–water partition coefficient (Wildman–Crippen LogP) is 0.988. The first-order valence-corrected chi connectivity index (χ1v) is 6.47. The number of hydrogen-bond acceptors (Lipinski definition) is 3. The number of hydrogen-bond donors (Lipinski definition) is 1. The summed E-state index contributed by atoms with van der Waals surface area (Å²) in [6.07, 6.45) is 0. The van der Waals surface area contributed by atoms with E-state index in [1.807, 2.05) is 6.07 Å². The van der Waals surface area contributed by atoms with Crippen LogP contribution in [0.2, 0.25) is 0 Å². The first kappa shape index (κ1) is 16.2. The zero-order valence-electron chi connectivity index (χ0n) is 12.5. The van der Waals surface area contributed by atoms with E-state index in [2.05, 4.69) is 0 Å². The van der Waals surface area contributed by atoms with Gasteiger partial charge in [-0.05, 0) is 26.0 Å². The van der Waals surface area contributed by atoms with Crippen LogP contribution in [0, 0.1) is 0 Å². The van der Waals surface area contributed by atoms with E-state index >= 15 is 0 Å². The molecule has 0 radical (unpaired) electrons. The van der Waals surface area contributed by atoms with Gasteiger partial charge in [-0.15, -0.1) is 0 Å². The lowest BCUT2D eigenvalue weighted by atomic mass is 10.1. The smallest absolute Gasteiger partial charge is 0.254 e. The molecule has 2 amide bonds. The Morgan fingerprint density at radius 1 is 1.15 bits per heavy atom. The van der Waals surface area contributed by atoms with E-state index in [0.717, 1.165) is 0 Å². The molecule has 5 nitrogen and oxygen atoms in total. The van der Waals surface area contributed by atoms with Gasteiger partial charge in [0.25, 0.3) is 5.91 Å². The number of aliphatic hydroxyl groups excluding tert-OH is 1. The van der Waals surface area contributed by atoms with Gasteiger partial charge in [0.1, 0.15) is 0 Å². The van der Waals surface area contributed by atoms with Crippen LogP contribution < -0.4 is 0 Å². The summed E-state index contributed by atoms with van der Waals surface area (Å²) in [5.41, 5.74) is -0.0971. The second-order valence-electron chi connectivity index (χ2n) is 5.45. The number of carbonyl (C=O) groups is 2. The van der Waals surface area contributed by atoms with Gasteiger partial charge in [-0.25, -0.2) is 0 Å². The normalized spacial score (nSPS) is 11.1. The van der Waals surface area contributed by atoms with Crippen molar-refractivity contribution in [3.05, 3.63) is 35.9 Å². The Balaban J connectivity index is 2.69. The molecule has 0 bridgehead atoms. The molecule has 0 aliphatic carbocycles. The zero-order chi connectivity index (χ0) is 15.3. The standard InChI is InChI=1S/C15H22N2O3/c1-15(2,11-18)17(4)13(19)10-16(3)14(20)12-8-6-5-7-9-12/h5-9,18H,10-11H2,1-4H3. The molecular formula is C15H22N2O3. The molecule has 5 heteroatoms. The van der Waals surface area contributed by atoms with Gasteiger partial charge in [0, 0.05) is 19.7 Å². The molecular weight excluding hydrogens is 256 g/mol. The van der Waals surface area contributed by atoms with Crippen LogP contribution in [0.4, 0.5) is 0 Å². The Morgan fingerprint density at radius 2 is 1.70 bits per heavy atom. The van der Waals surface area contributed by atoms with Gasteiger partial charge >= 0.3 is 0 Å². The third kappa shape index (κ3) is 3.81. The SMILES string of the molecule is CN(CC(=O)N(C)C(C)(C)CO)C(=O)c1ccccc1. The minimum Gasteiger partial charge on any atom is -0.394 e. The lowest BCUT2D eigenvalue weighted by molar-refractivity contribution is -0.136. The van der Waals surface area contributed by atoms with E-state index in [1.54, 1.807) is 52.2 Å². The Bertz CT molecular complexity index is 471. The summed E-state index contributed by atoms with van der Waals surface area (Å²) in [5, 5.41) is 9.26. The third-order valence-electron chi connectivity index (χ3n) is 3.41. The maximum atomic E-state index is 12.1. The molecule has 0 aromatic heterocycles. The topological polar surface area (TPSA) is 60.9 Å². The van der Waals surface area contributed by atoms with Crippen LogP contribution in [0.3, 0.4) is 0 Å². The highest BCUT2D eigenvalue weighted by Crippen LogP contribution is 2.12. The summed E-state index contributed by atoms with van der Waals surface area (Å²) in [4.78, 5) is 27.1. The Kier molecular flexibility index (Phi) is 5.27. The van der Waals surface area contributed by atoms with Gasteiger partial charge < -0.3 is 14.9 Å². The number of benzene rings is 1. The summed E-state index contributed by atoms with van der Waals surface area (Å²) in [5.74, 6) is -0.412. The van der Waals surface area contributed by atoms with Crippen molar-refractivity contribution in [3.8, 4) is 0 Å². The fourth-order valence-electron chi connectivity index (χ4n) is 1.63. The number of aliphatic hydroxyl groups is 1. The van der Waals surface area contributed by atoms with Crippen LogP contribution >= 0.6 is 0 Å². The molecule has 0 spiro atoms. The molecule has 0 saturated heterocycles. The van der Waals surface area contributed by atoms with Crippen LogP contribution in [0.25, 0.3) is 0 Å². The van der Waals surface area contributed by atoms with Crippen LogP contribution in [0.5, 0.6) is 0 Å². The van der Waals surface area contributed by atoms with Gasteiger partial charge in [-0.1, -0.05) is 18.2 Å². The van der Waals surface area contributed by atoms with E-state index < -0.39 is 5.54 Å². The fourth-order valence-corrected chi connectivity index (χ4v) is 1.63. The maximum absolute atomic E-state index is 12.1. The van der Waals surface area contributed by atoms with Crippen molar-refractivity contribution in [1.29, 1.82) is 0 Å². The highest BCUT2D eigenvalue weighted by Gasteiger charge is 2.28. The number of rotatable bonds is 5. The summed E-state index contributed by atoms with van der Waals surface area (Å²) in [6, 6.07) is 8.82. The summed E-state index contributed by atoms with van der Waals surface area (Å²) in [7, 11) is 3.21. The molecule has 20 heavy (non-hydrogen) atoms. The highest BCUT2D eigenvalue weighted by atomic mass is 16.3. The highest BCUT2D eigenvalue weighted by molar-refractivity contribution is 5.96. The van der Waals surface area contributed by atoms with Gasteiger partial charge in [0.15, 0.2) is 0 Å². The quantitative estimate of drug-likeness (QED) is 0.873. The van der Waals surface area contributed by atoms with Crippen LogP contribution in [-0.4, -0.2) is 59.5 Å². The molecule has 1 aromatic rings. The van der Waals surface area contributed by atoms with Crippen molar-refractivity contribution in [2.45, 2.75) is 19.4 Å². The van der Waals surface area contributed by atoms with E-state index in [-0.39, 0.29) is 25.0 Å². The van der Waals surface area contributed by atoms with Crippen molar-refractivity contribution >= 4 is 11.8 Å². The minimum atomic E-state index is -0.645. The molecule has 1 N–H and O–H groups in total. The largest absolute Gasteiger partial charge is 0.394 e. The second kappa shape index (κ2) is 6.52. The average molecular weight is 278 g/mol. The van der Waals surface area contributed by atoms with E-state index in [0.29, 0.717) is 5.56 Å². The molecule has 0 aliphatic rings. The van der Waals surface area contributed by atoms with Crippen LogP contribution in [0.15, 0.2) is 30.3 Å². The van der Waals surface area contributed by atoms with Gasteiger partial charge in [0.05, 0.1) is 18.7 Å². The van der Waals surface area contributed by atoms with Gasteiger partial charge in [-0.3, -0.25) is 9.59 Å². The lowest BCUT2D eigenvalue weighted by Crippen LogP contribution is -2.51. The number of carbonyl (C=O) groups excluding carboxylic acids is 2. The van der Waals surface area contributed by atoms with Crippen molar-refractivity contribution < 1.29 is 14.7 Å². The summed E-state index contributed by atoms with van der Waals surface area (Å²) in [6.45, 7) is 3.38. The molecule has 0 fully saturated rings. The minimum absolute atomic E-state index is 0.0202. The first-order chi connectivity index (χ1) is 9.29. The molecule has 1 aromatic carbocycles. The van der Waals surface area contributed by atoms with Crippen molar-refractivity contribution in [2.75, 3.05) is 27.2 Å². The molecule has 0 atom stereocenters. The second-order valence-corrected chi connectivity index (χ2v) is 5.45. The Hall–Kier alpha value is -1.88. The van der Waals surface area contributed by atoms with Crippen molar-refractivity contribution in [1.82, 2.24) is 9.80 Å². The van der Waals surface area contributed by atoms with Crippen LogP contribution in [0.1, 0.15) is 24.2 Å². The van der Waals surface area contributed by atoms with Gasteiger partial charge in [-0.2, -0.15) is 0 Å². The number of amides is 2. The number of likely N-dealkylation sites (N-methyl/N-ethyl adjacent to an activating group) is 2. The fraction of sp³-hybridized carbons (Fsp3) is 0.467. The Morgan fingerprint density at radius 3 is 2.20 bits per heavy atom. The molecule has 0 aliphatic heterocycles. The molecule has 0 heterocycles. The van der Waals surface area contributed by atoms with E-state index in [9.17, 15) is 14.7 Å². The predicted molar refractivity (Wildman–Crippen MR) is 77.3 cm³/mol. The Labute approximate surface area is 119 Å². The molecule has 1 rings (SSSR count). The molecule has 0 saturated carbocycles. The zero-order valence-corrected chi connectivity index (χ0v) is 12.5. The van der Waals surface area contributed by atoms with Gasteiger partial charge in [0.2, 0.25) is 5.91 Å². The lowest BCUT2D eigenvalue weighted by Gasteiger charge is -2.35. The van der Waals surface area contributed by atoms with E-state index in [4.69, 9.17) is 0 Å². The van der Waals surface area contributed by atoms with Crippen molar-refractivity contribution in [3.63, 3.8) is 0 Å². The summed E-state index contributed by atoms with van der Waals surface area (Å²) >= 11 is 0. The van der Waals surface area contributed by atoms with E-state index in [1.165, 1.54) is 9.80 Å².